The molecule has 0 aliphatic heterocycles. The smallest absolute Gasteiger partial charge is 0.336 e. The number of rotatable bonds is 8. The fourth-order valence-electron chi connectivity index (χ4n) is 3.81. The van der Waals surface area contributed by atoms with Gasteiger partial charge in [0.2, 0.25) is 0 Å². The second-order valence-electron chi connectivity index (χ2n) is 7.36. The van der Waals surface area contributed by atoms with Crippen molar-refractivity contribution in [2.45, 2.75) is 21.3 Å². The van der Waals surface area contributed by atoms with Gasteiger partial charge in [-0.1, -0.05) is 42.5 Å². The largest absolute Gasteiger partial charge is 0.488 e. The van der Waals surface area contributed by atoms with E-state index < -0.39 is 5.97 Å². The molecular weight excluding hydrogens is 468 g/mol. The zero-order valence-corrected chi connectivity index (χ0v) is 21.1. The molecule has 168 valence electrons. The molecule has 33 heavy (non-hydrogen) atoms. The van der Waals surface area contributed by atoms with E-state index in [1.807, 2.05) is 67.1 Å². The van der Waals surface area contributed by atoms with E-state index in [1.165, 1.54) is 0 Å². The Hall–Kier alpha value is -2.54. The van der Waals surface area contributed by atoms with Gasteiger partial charge in [0, 0.05) is 25.6 Å². The first-order chi connectivity index (χ1) is 16.0. The van der Waals surface area contributed by atoms with Gasteiger partial charge in [0.15, 0.2) is 0 Å². The minimum atomic E-state index is -0.968. The fraction of sp³-hybridized carbons (Fsp3) is 0.148. The third kappa shape index (κ3) is 5.03. The molecule has 0 unspecified atom stereocenters. The average molecular weight is 493 g/mol. The van der Waals surface area contributed by atoms with E-state index in [0.717, 1.165) is 42.1 Å². The first-order valence-corrected chi connectivity index (χ1v) is 14.0. The Morgan fingerprint density at radius 1 is 0.818 bits per heavy atom. The summed E-state index contributed by atoms with van der Waals surface area (Å²) in [6, 6.07) is 23.9. The molecule has 0 saturated carbocycles. The van der Waals surface area contributed by atoms with Crippen LogP contribution in [0.25, 0.3) is 21.9 Å². The number of hydrogen-bond donors (Lipinski definition) is 1. The molecule has 0 radical (unpaired) electrons. The van der Waals surface area contributed by atoms with Crippen LogP contribution >= 0.6 is 35.3 Å². The molecule has 3 nitrogen and oxygen atoms in total. The number of carboxylic acid groups (broad SMARTS) is 1. The summed E-state index contributed by atoms with van der Waals surface area (Å²) < 4.78 is 6.21. The van der Waals surface area contributed by atoms with E-state index in [9.17, 15) is 9.90 Å². The maximum Gasteiger partial charge on any atom is 0.336 e. The predicted octanol–water partition coefficient (Wildman–Crippen LogP) is 7.95. The lowest BCUT2D eigenvalue weighted by Crippen LogP contribution is -2.04. The summed E-state index contributed by atoms with van der Waals surface area (Å²) in [6.45, 7) is 0.371. The van der Waals surface area contributed by atoms with Gasteiger partial charge in [0.1, 0.15) is 12.4 Å². The van der Waals surface area contributed by atoms with E-state index in [4.69, 9.17) is 4.74 Å². The van der Waals surface area contributed by atoms with Crippen LogP contribution in [-0.4, -0.2) is 29.8 Å². The number of fused-ring (bicyclic) bond motifs is 1. The Morgan fingerprint density at radius 3 is 2.03 bits per heavy atom. The van der Waals surface area contributed by atoms with Crippen LogP contribution in [-0.2, 0) is 6.61 Å². The van der Waals surface area contributed by atoms with Gasteiger partial charge in [-0.25, -0.2) is 4.79 Å². The van der Waals surface area contributed by atoms with Crippen molar-refractivity contribution >= 4 is 52.0 Å². The van der Waals surface area contributed by atoms with Gasteiger partial charge in [-0.05, 0) is 65.6 Å². The zero-order valence-electron chi connectivity index (χ0n) is 18.6. The number of carboxylic acids is 1. The van der Waals surface area contributed by atoms with Crippen LogP contribution in [0.2, 0.25) is 0 Å². The van der Waals surface area contributed by atoms with E-state index in [1.54, 1.807) is 41.4 Å². The van der Waals surface area contributed by atoms with Crippen molar-refractivity contribution < 1.29 is 14.6 Å². The third-order valence-corrected chi connectivity index (χ3v) is 7.88. The minimum Gasteiger partial charge on any atom is -0.488 e. The second-order valence-corrected chi connectivity index (χ2v) is 9.93. The maximum absolute atomic E-state index is 12.4. The number of hydrogen-bond acceptors (Lipinski definition) is 5. The van der Waals surface area contributed by atoms with Gasteiger partial charge >= 0.3 is 5.97 Å². The number of ether oxygens (including phenoxy) is 1. The van der Waals surface area contributed by atoms with Crippen LogP contribution in [0.4, 0.5) is 0 Å². The molecule has 0 bridgehead atoms. The van der Waals surface area contributed by atoms with E-state index >= 15 is 0 Å². The van der Waals surface area contributed by atoms with Crippen LogP contribution in [0.3, 0.4) is 0 Å². The van der Waals surface area contributed by atoms with Gasteiger partial charge in [0.25, 0.3) is 0 Å². The molecule has 0 aliphatic rings. The number of benzene rings is 4. The Morgan fingerprint density at radius 2 is 1.45 bits per heavy atom. The highest BCUT2D eigenvalue weighted by Crippen LogP contribution is 2.43. The lowest BCUT2D eigenvalue weighted by molar-refractivity contribution is 0.0697. The first-order valence-electron chi connectivity index (χ1n) is 10.3. The first kappa shape index (κ1) is 23.6. The van der Waals surface area contributed by atoms with Gasteiger partial charge in [-0.15, -0.1) is 35.3 Å². The van der Waals surface area contributed by atoms with Gasteiger partial charge < -0.3 is 9.84 Å². The van der Waals surface area contributed by atoms with E-state index in [0.29, 0.717) is 12.4 Å². The van der Waals surface area contributed by atoms with Crippen molar-refractivity contribution in [3.05, 3.63) is 83.9 Å². The average Bonchev–Trinajstić information content (AvgIpc) is 2.86. The molecule has 0 atom stereocenters. The molecular formula is C27H24O3S3. The number of carbonyl (C=O) groups is 1. The zero-order chi connectivity index (χ0) is 23.4. The summed E-state index contributed by atoms with van der Waals surface area (Å²) in [5.41, 5.74) is 2.88. The number of thioether (sulfide) groups is 3. The molecule has 0 fully saturated rings. The molecule has 0 aliphatic carbocycles. The minimum absolute atomic E-state index is 0.242. The Kier molecular flexibility index (Phi) is 7.58. The summed E-state index contributed by atoms with van der Waals surface area (Å²) in [7, 11) is 0. The van der Waals surface area contributed by atoms with Crippen LogP contribution in [0.15, 0.2) is 87.5 Å². The van der Waals surface area contributed by atoms with Crippen molar-refractivity contribution in [3.63, 3.8) is 0 Å². The van der Waals surface area contributed by atoms with Crippen LogP contribution < -0.4 is 4.74 Å². The van der Waals surface area contributed by atoms with E-state index in [2.05, 4.69) is 18.4 Å². The molecule has 0 heterocycles. The van der Waals surface area contributed by atoms with E-state index in [-0.39, 0.29) is 5.56 Å². The highest BCUT2D eigenvalue weighted by molar-refractivity contribution is 8.01. The topological polar surface area (TPSA) is 46.5 Å². The summed E-state index contributed by atoms with van der Waals surface area (Å²) in [4.78, 5) is 15.8. The van der Waals surface area contributed by atoms with Crippen LogP contribution in [0.1, 0.15) is 15.9 Å². The summed E-state index contributed by atoms with van der Waals surface area (Å²) in [6.07, 6.45) is 6.13. The monoisotopic (exact) mass is 492 g/mol. The van der Waals surface area contributed by atoms with Gasteiger partial charge in [0.05, 0.1) is 5.56 Å². The SMILES string of the molecule is CSc1ccc(-c2c(C(=O)O)cc(OCc3ccccc3)c3cc(SC)c(SC)cc23)cc1. The Labute approximate surface area is 206 Å². The Bertz CT molecular complexity index is 1290. The molecule has 4 rings (SSSR count). The molecule has 0 aromatic heterocycles. The molecule has 0 amide bonds. The lowest BCUT2D eigenvalue weighted by atomic mass is 9.92. The standard InChI is InChI=1S/C27H24O3S3/c1-31-19-11-9-18(10-12-19)26-21-15-25(33-3)24(32-2)14-20(21)23(13-22(26)27(28)29)30-16-17-7-5-4-6-8-17/h4-15H,16H2,1-3H3,(H,28,29). The fourth-order valence-corrected chi connectivity index (χ4v) is 5.71. The Balaban J connectivity index is 1.96. The summed E-state index contributed by atoms with van der Waals surface area (Å²) in [5.74, 6) is -0.385. The van der Waals surface area contributed by atoms with Crippen LogP contribution in [0, 0.1) is 0 Å². The third-order valence-electron chi connectivity index (χ3n) is 5.45. The van der Waals surface area contributed by atoms with Crippen molar-refractivity contribution in [2.24, 2.45) is 0 Å². The maximum atomic E-state index is 12.4. The highest BCUT2D eigenvalue weighted by Gasteiger charge is 2.21. The number of aromatic carboxylic acids is 1. The molecule has 4 aromatic carbocycles. The van der Waals surface area contributed by atoms with Crippen molar-refractivity contribution in [1.82, 2.24) is 0 Å². The molecule has 0 spiro atoms. The predicted molar refractivity (Wildman–Crippen MR) is 142 cm³/mol. The summed E-state index contributed by atoms with van der Waals surface area (Å²) >= 11 is 5.00. The van der Waals surface area contributed by atoms with Crippen molar-refractivity contribution in [2.75, 3.05) is 18.8 Å². The van der Waals surface area contributed by atoms with Crippen LogP contribution in [0.5, 0.6) is 5.75 Å². The highest BCUT2D eigenvalue weighted by atomic mass is 32.2. The van der Waals surface area contributed by atoms with Gasteiger partial charge in [-0.3, -0.25) is 0 Å². The molecule has 6 heteroatoms. The van der Waals surface area contributed by atoms with Crippen molar-refractivity contribution in [1.29, 1.82) is 0 Å². The molecule has 0 saturated heterocycles. The lowest BCUT2D eigenvalue weighted by Gasteiger charge is -2.18. The molecule has 1 N–H and O–H groups in total. The normalized spacial score (nSPS) is 11.0. The second kappa shape index (κ2) is 10.6. The van der Waals surface area contributed by atoms with Gasteiger partial charge in [-0.2, -0.15) is 0 Å². The van der Waals surface area contributed by atoms with Crippen molar-refractivity contribution in [3.8, 4) is 16.9 Å². The molecule has 4 aromatic rings. The summed E-state index contributed by atoms with van der Waals surface area (Å²) in [5, 5.41) is 12.0. The quantitative estimate of drug-likeness (QED) is 0.252.